The second-order valence-corrected chi connectivity index (χ2v) is 6.10. The molecule has 0 amide bonds. The summed E-state index contributed by atoms with van der Waals surface area (Å²) in [5.74, 6) is 0.979. The third kappa shape index (κ3) is 2.39. The van der Waals surface area contributed by atoms with E-state index in [4.69, 9.17) is 4.74 Å². The standard InChI is InChI=1S/C16H25NO/c1-6-15-14-8-7-13(18-5)11-12(14)9-10-17(15)16(2,3)4/h7-8,11,15H,6,9-10H2,1-5H3. The molecule has 1 unspecified atom stereocenters. The number of rotatable bonds is 2. The maximum Gasteiger partial charge on any atom is 0.119 e. The normalized spacial score (nSPS) is 20.6. The lowest BCUT2D eigenvalue weighted by molar-refractivity contribution is 0.0706. The summed E-state index contributed by atoms with van der Waals surface area (Å²) in [6.07, 6.45) is 2.29. The maximum atomic E-state index is 5.33. The Hall–Kier alpha value is -1.02. The molecule has 1 aromatic rings. The molecule has 1 atom stereocenters. The summed E-state index contributed by atoms with van der Waals surface area (Å²) in [5, 5.41) is 0. The van der Waals surface area contributed by atoms with Crippen molar-refractivity contribution in [3.05, 3.63) is 29.3 Å². The predicted octanol–water partition coefficient (Wildman–Crippen LogP) is 3.80. The van der Waals surface area contributed by atoms with Crippen molar-refractivity contribution < 1.29 is 4.74 Å². The van der Waals surface area contributed by atoms with E-state index in [9.17, 15) is 0 Å². The second kappa shape index (κ2) is 4.93. The summed E-state index contributed by atoms with van der Waals surface area (Å²) in [6, 6.07) is 7.09. The van der Waals surface area contributed by atoms with Gasteiger partial charge in [-0.15, -0.1) is 0 Å². The zero-order chi connectivity index (χ0) is 13.3. The van der Waals surface area contributed by atoms with Crippen molar-refractivity contribution in [3.63, 3.8) is 0 Å². The molecule has 0 aliphatic carbocycles. The van der Waals surface area contributed by atoms with E-state index < -0.39 is 0 Å². The molecular formula is C16H25NO. The van der Waals surface area contributed by atoms with E-state index in [0.29, 0.717) is 6.04 Å². The lowest BCUT2D eigenvalue weighted by atomic mass is 9.87. The van der Waals surface area contributed by atoms with E-state index in [1.54, 1.807) is 7.11 Å². The quantitative estimate of drug-likeness (QED) is 0.788. The molecular weight excluding hydrogens is 222 g/mol. The topological polar surface area (TPSA) is 12.5 Å². The molecule has 2 nitrogen and oxygen atoms in total. The highest BCUT2D eigenvalue weighted by Crippen LogP contribution is 2.37. The van der Waals surface area contributed by atoms with Crippen LogP contribution in [0.4, 0.5) is 0 Å². The Morgan fingerprint density at radius 1 is 1.33 bits per heavy atom. The maximum absolute atomic E-state index is 5.33. The Balaban J connectivity index is 2.38. The number of hydrogen-bond donors (Lipinski definition) is 0. The first kappa shape index (κ1) is 13.4. The molecule has 1 aliphatic heterocycles. The predicted molar refractivity (Wildman–Crippen MR) is 76.2 cm³/mol. The van der Waals surface area contributed by atoms with Crippen LogP contribution in [0.2, 0.25) is 0 Å². The van der Waals surface area contributed by atoms with Gasteiger partial charge in [0.05, 0.1) is 7.11 Å². The fourth-order valence-electron chi connectivity index (χ4n) is 3.06. The van der Waals surface area contributed by atoms with Crippen molar-refractivity contribution in [2.75, 3.05) is 13.7 Å². The third-order valence-electron chi connectivity index (χ3n) is 3.96. The van der Waals surface area contributed by atoms with Crippen molar-refractivity contribution in [2.24, 2.45) is 0 Å². The summed E-state index contributed by atoms with van der Waals surface area (Å²) in [5.41, 5.74) is 3.18. The SMILES string of the molecule is CCC1c2ccc(OC)cc2CCN1C(C)(C)C. The number of fused-ring (bicyclic) bond motifs is 1. The van der Waals surface area contributed by atoms with Crippen LogP contribution in [0.15, 0.2) is 18.2 Å². The van der Waals surface area contributed by atoms with Crippen LogP contribution in [-0.4, -0.2) is 24.1 Å². The zero-order valence-corrected chi connectivity index (χ0v) is 12.3. The molecule has 18 heavy (non-hydrogen) atoms. The van der Waals surface area contributed by atoms with Crippen LogP contribution in [0.1, 0.15) is 51.3 Å². The average Bonchev–Trinajstić information content (AvgIpc) is 2.35. The van der Waals surface area contributed by atoms with Gasteiger partial charge in [0, 0.05) is 18.1 Å². The first-order valence-electron chi connectivity index (χ1n) is 6.91. The van der Waals surface area contributed by atoms with Crippen LogP contribution >= 0.6 is 0 Å². The minimum absolute atomic E-state index is 0.234. The summed E-state index contributed by atoms with van der Waals surface area (Å²) in [4.78, 5) is 2.63. The van der Waals surface area contributed by atoms with Gasteiger partial charge in [0.15, 0.2) is 0 Å². The minimum atomic E-state index is 0.234. The largest absolute Gasteiger partial charge is 0.497 e. The molecule has 0 aromatic heterocycles. The van der Waals surface area contributed by atoms with Crippen molar-refractivity contribution >= 4 is 0 Å². The molecule has 100 valence electrons. The average molecular weight is 247 g/mol. The first-order valence-corrected chi connectivity index (χ1v) is 6.91. The summed E-state index contributed by atoms with van der Waals surface area (Å²) >= 11 is 0. The van der Waals surface area contributed by atoms with Gasteiger partial charge in [-0.1, -0.05) is 13.0 Å². The highest BCUT2D eigenvalue weighted by molar-refractivity contribution is 5.39. The van der Waals surface area contributed by atoms with Gasteiger partial charge in [-0.05, 0) is 56.9 Å². The van der Waals surface area contributed by atoms with Crippen LogP contribution in [-0.2, 0) is 6.42 Å². The van der Waals surface area contributed by atoms with Gasteiger partial charge < -0.3 is 4.74 Å². The molecule has 0 saturated carbocycles. The van der Waals surface area contributed by atoms with Gasteiger partial charge in [-0.25, -0.2) is 0 Å². The lowest BCUT2D eigenvalue weighted by Crippen LogP contribution is -2.47. The molecule has 0 radical (unpaired) electrons. The highest BCUT2D eigenvalue weighted by atomic mass is 16.5. The van der Waals surface area contributed by atoms with E-state index in [1.165, 1.54) is 11.1 Å². The molecule has 0 N–H and O–H groups in total. The summed E-state index contributed by atoms with van der Waals surface area (Å²) < 4.78 is 5.33. The molecule has 1 aliphatic rings. The number of hydrogen-bond acceptors (Lipinski definition) is 2. The molecule has 0 bridgehead atoms. The van der Waals surface area contributed by atoms with E-state index in [0.717, 1.165) is 25.1 Å². The van der Waals surface area contributed by atoms with Crippen molar-refractivity contribution in [1.29, 1.82) is 0 Å². The Morgan fingerprint density at radius 3 is 2.61 bits per heavy atom. The smallest absolute Gasteiger partial charge is 0.119 e. The number of methoxy groups -OCH3 is 1. The molecule has 2 rings (SSSR count). The van der Waals surface area contributed by atoms with Crippen molar-refractivity contribution in [3.8, 4) is 5.75 Å². The number of nitrogens with zero attached hydrogens (tertiary/aromatic N) is 1. The van der Waals surface area contributed by atoms with Gasteiger partial charge in [0.1, 0.15) is 5.75 Å². The highest BCUT2D eigenvalue weighted by Gasteiger charge is 2.33. The molecule has 0 spiro atoms. The van der Waals surface area contributed by atoms with Crippen LogP contribution in [0.3, 0.4) is 0 Å². The van der Waals surface area contributed by atoms with Crippen LogP contribution < -0.4 is 4.74 Å². The van der Waals surface area contributed by atoms with E-state index in [2.05, 4.69) is 50.8 Å². The van der Waals surface area contributed by atoms with Gasteiger partial charge in [0.25, 0.3) is 0 Å². The van der Waals surface area contributed by atoms with Crippen LogP contribution in [0.5, 0.6) is 5.75 Å². The fraction of sp³-hybridized carbons (Fsp3) is 0.625. The molecule has 2 heteroatoms. The summed E-state index contributed by atoms with van der Waals surface area (Å²) in [6.45, 7) is 10.4. The monoisotopic (exact) mass is 247 g/mol. The molecule has 1 aromatic carbocycles. The van der Waals surface area contributed by atoms with Crippen LogP contribution in [0, 0.1) is 0 Å². The van der Waals surface area contributed by atoms with Crippen molar-refractivity contribution in [1.82, 2.24) is 4.90 Å². The van der Waals surface area contributed by atoms with Gasteiger partial charge in [-0.3, -0.25) is 4.90 Å². The number of ether oxygens (including phenoxy) is 1. The Kier molecular flexibility index (Phi) is 3.67. The van der Waals surface area contributed by atoms with Gasteiger partial charge in [0.2, 0.25) is 0 Å². The first-order chi connectivity index (χ1) is 8.47. The summed E-state index contributed by atoms with van der Waals surface area (Å²) in [7, 11) is 1.74. The number of benzene rings is 1. The van der Waals surface area contributed by atoms with E-state index >= 15 is 0 Å². The second-order valence-electron chi connectivity index (χ2n) is 6.10. The van der Waals surface area contributed by atoms with Gasteiger partial charge >= 0.3 is 0 Å². The lowest BCUT2D eigenvalue weighted by Gasteiger charge is -2.45. The Labute approximate surface area is 111 Å². The molecule has 1 heterocycles. The van der Waals surface area contributed by atoms with E-state index in [-0.39, 0.29) is 5.54 Å². The zero-order valence-electron chi connectivity index (χ0n) is 12.3. The Morgan fingerprint density at radius 2 is 2.06 bits per heavy atom. The van der Waals surface area contributed by atoms with Crippen LogP contribution in [0.25, 0.3) is 0 Å². The molecule has 0 fully saturated rings. The van der Waals surface area contributed by atoms with Gasteiger partial charge in [-0.2, -0.15) is 0 Å². The van der Waals surface area contributed by atoms with Crippen molar-refractivity contribution in [2.45, 2.75) is 52.1 Å². The Bertz CT molecular complexity index is 420. The fourth-order valence-corrected chi connectivity index (χ4v) is 3.06. The third-order valence-corrected chi connectivity index (χ3v) is 3.96. The molecule has 0 saturated heterocycles. The van der Waals surface area contributed by atoms with E-state index in [1.807, 2.05) is 0 Å². The minimum Gasteiger partial charge on any atom is -0.497 e.